The summed E-state index contributed by atoms with van der Waals surface area (Å²) in [6.07, 6.45) is 1.95. The van der Waals surface area contributed by atoms with Crippen LogP contribution in [-0.2, 0) is 9.59 Å². The molecule has 2 aromatic rings. The van der Waals surface area contributed by atoms with E-state index in [0.29, 0.717) is 0 Å². The summed E-state index contributed by atoms with van der Waals surface area (Å²) in [4.78, 5) is 24.2. The first-order valence-corrected chi connectivity index (χ1v) is 8.96. The van der Waals surface area contributed by atoms with Gasteiger partial charge in [0.15, 0.2) is 0 Å². The lowest BCUT2D eigenvalue weighted by Gasteiger charge is -2.15. The molecular formula is C21H25N3O2. The zero-order chi connectivity index (χ0) is 18.7. The van der Waals surface area contributed by atoms with E-state index in [1.54, 1.807) is 0 Å². The fourth-order valence-corrected chi connectivity index (χ4v) is 2.80. The maximum Gasteiger partial charge on any atom is 0.243 e. The number of aryl methyl sites for hydroxylation is 1. The van der Waals surface area contributed by atoms with Crippen LogP contribution >= 0.6 is 0 Å². The lowest BCUT2D eigenvalue weighted by molar-refractivity contribution is -0.117. The Kier molecular flexibility index (Phi) is 5.26. The summed E-state index contributed by atoms with van der Waals surface area (Å²) in [5, 5.41) is 9.08. The summed E-state index contributed by atoms with van der Waals surface area (Å²) in [6.45, 7) is 6.12. The van der Waals surface area contributed by atoms with Gasteiger partial charge in [0.05, 0.1) is 6.54 Å². The smallest absolute Gasteiger partial charge is 0.243 e. The van der Waals surface area contributed by atoms with Gasteiger partial charge < -0.3 is 16.0 Å². The second-order valence-corrected chi connectivity index (χ2v) is 6.89. The Labute approximate surface area is 154 Å². The molecule has 1 aliphatic carbocycles. The van der Waals surface area contributed by atoms with E-state index in [1.165, 1.54) is 0 Å². The minimum Gasteiger partial charge on any atom is -0.376 e. The molecule has 3 N–H and O–H groups in total. The molecular weight excluding hydrogens is 326 g/mol. The van der Waals surface area contributed by atoms with Crippen molar-refractivity contribution in [3.8, 4) is 0 Å². The Morgan fingerprint density at radius 2 is 1.50 bits per heavy atom. The molecule has 1 fully saturated rings. The van der Waals surface area contributed by atoms with E-state index < -0.39 is 0 Å². The normalized spacial score (nSPS) is 13.2. The number of rotatable bonds is 6. The van der Waals surface area contributed by atoms with Gasteiger partial charge >= 0.3 is 0 Å². The molecule has 5 heteroatoms. The van der Waals surface area contributed by atoms with Crippen molar-refractivity contribution in [3.63, 3.8) is 0 Å². The van der Waals surface area contributed by atoms with Crippen LogP contribution in [0.1, 0.15) is 29.5 Å². The van der Waals surface area contributed by atoms with Gasteiger partial charge in [0, 0.05) is 23.0 Å². The number of nitrogens with one attached hydrogen (secondary N) is 3. The van der Waals surface area contributed by atoms with Gasteiger partial charge in [-0.3, -0.25) is 9.59 Å². The molecule has 3 rings (SSSR count). The molecule has 0 unspecified atom stereocenters. The highest BCUT2D eigenvalue weighted by molar-refractivity contribution is 5.96. The molecule has 136 valence electrons. The van der Waals surface area contributed by atoms with Crippen LogP contribution in [0.25, 0.3) is 0 Å². The van der Waals surface area contributed by atoms with Crippen LogP contribution in [0.15, 0.2) is 36.4 Å². The first kappa shape index (κ1) is 18.0. The van der Waals surface area contributed by atoms with Gasteiger partial charge in [-0.1, -0.05) is 18.2 Å². The molecule has 0 bridgehead atoms. The molecule has 0 radical (unpaired) electrons. The topological polar surface area (TPSA) is 70.2 Å². The Morgan fingerprint density at radius 3 is 2.19 bits per heavy atom. The third kappa shape index (κ3) is 4.23. The van der Waals surface area contributed by atoms with Crippen LogP contribution in [0.4, 0.5) is 17.1 Å². The summed E-state index contributed by atoms with van der Waals surface area (Å²) in [6, 6.07) is 11.5. The Bertz CT molecular complexity index is 841. The van der Waals surface area contributed by atoms with Crippen molar-refractivity contribution in [1.82, 2.24) is 0 Å². The minimum absolute atomic E-state index is 0.0814. The van der Waals surface area contributed by atoms with Crippen LogP contribution in [0.3, 0.4) is 0 Å². The molecule has 0 heterocycles. The van der Waals surface area contributed by atoms with Gasteiger partial charge in [-0.25, -0.2) is 0 Å². The standard InChI is InChI=1S/C21H25N3O2/c1-13-6-4-8-18(14(13)2)23-20(25)12-22-17-7-5-9-19(15(17)3)24-21(26)16-10-11-16/h4-9,16,22H,10-12H2,1-3H3,(H,23,25)(H,24,26). The molecule has 0 aromatic heterocycles. The van der Waals surface area contributed by atoms with Crippen molar-refractivity contribution in [2.45, 2.75) is 33.6 Å². The molecule has 1 aliphatic rings. The van der Waals surface area contributed by atoms with E-state index in [0.717, 1.165) is 46.6 Å². The van der Waals surface area contributed by atoms with E-state index in [1.807, 2.05) is 57.2 Å². The van der Waals surface area contributed by atoms with Crippen molar-refractivity contribution in [2.24, 2.45) is 5.92 Å². The Balaban J connectivity index is 1.61. The highest BCUT2D eigenvalue weighted by Gasteiger charge is 2.29. The fourth-order valence-electron chi connectivity index (χ4n) is 2.80. The second-order valence-electron chi connectivity index (χ2n) is 6.89. The van der Waals surface area contributed by atoms with Gasteiger partial charge in [-0.15, -0.1) is 0 Å². The average molecular weight is 351 g/mol. The third-order valence-corrected chi connectivity index (χ3v) is 4.86. The summed E-state index contributed by atoms with van der Waals surface area (Å²) in [5.41, 5.74) is 5.61. The molecule has 0 saturated heterocycles. The van der Waals surface area contributed by atoms with Gasteiger partial charge in [-0.05, 0) is 68.5 Å². The minimum atomic E-state index is -0.106. The highest BCUT2D eigenvalue weighted by Crippen LogP contribution is 2.31. The predicted octanol–water partition coefficient (Wildman–Crippen LogP) is 4.01. The average Bonchev–Trinajstić information content (AvgIpc) is 3.45. The summed E-state index contributed by atoms with van der Waals surface area (Å²) in [5.74, 6) is 0.137. The number of carbonyl (C=O) groups is 2. The largest absolute Gasteiger partial charge is 0.376 e. The molecule has 1 saturated carbocycles. The molecule has 0 aliphatic heterocycles. The van der Waals surface area contributed by atoms with Crippen molar-refractivity contribution < 1.29 is 9.59 Å². The van der Waals surface area contributed by atoms with E-state index in [2.05, 4.69) is 16.0 Å². The summed E-state index contributed by atoms with van der Waals surface area (Å²) in [7, 11) is 0. The number of hydrogen-bond donors (Lipinski definition) is 3. The van der Waals surface area contributed by atoms with Crippen LogP contribution in [0.5, 0.6) is 0 Å². The predicted molar refractivity (Wildman–Crippen MR) is 106 cm³/mol. The van der Waals surface area contributed by atoms with Crippen molar-refractivity contribution in [2.75, 3.05) is 22.5 Å². The quantitative estimate of drug-likeness (QED) is 0.736. The first-order chi connectivity index (χ1) is 12.5. The van der Waals surface area contributed by atoms with Crippen LogP contribution < -0.4 is 16.0 Å². The van der Waals surface area contributed by atoms with Crippen LogP contribution in [-0.4, -0.2) is 18.4 Å². The van der Waals surface area contributed by atoms with Gasteiger partial charge in [0.2, 0.25) is 11.8 Å². The van der Waals surface area contributed by atoms with E-state index >= 15 is 0 Å². The van der Waals surface area contributed by atoms with E-state index in [-0.39, 0.29) is 24.3 Å². The van der Waals surface area contributed by atoms with Crippen LogP contribution in [0.2, 0.25) is 0 Å². The number of anilines is 3. The number of hydrogen-bond acceptors (Lipinski definition) is 3. The zero-order valence-electron chi connectivity index (χ0n) is 15.5. The Hall–Kier alpha value is -2.82. The molecule has 26 heavy (non-hydrogen) atoms. The molecule has 0 spiro atoms. The summed E-state index contributed by atoms with van der Waals surface area (Å²) >= 11 is 0. The highest BCUT2D eigenvalue weighted by atomic mass is 16.2. The SMILES string of the molecule is Cc1cccc(NC(=O)CNc2cccc(NC(=O)C3CC3)c2C)c1C. The maximum atomic E-state index is 12.3. The molecule has 2 aromatic carbocycles. The molecule has 2 amide bonds. The zero-order valence-corrected chi connectivity index (χ0v) is 15.5. The first-order valence-electron chi connectivity index (χ1n) is 8.96. The monoisotopic (exact) mass is 351 g/mol. The number of benzene rings is 2. The lowest BCUT2D eigenvalue weighted by Crippen LogP contribution is -2.23. The van der Waals surface area contributed by atoms with Crippen molar-refractivity contribution in [3.05, 3.63) is 53.1 Å². The summed E-state index contributed by atoms with van der Waals surface area (Å²) < 4.78 is 0. The van der Waals surface area contributed by atoms with Gasteiger partial charge in [0.25, 0.3) is 0 Å². The lowest BCUT2D eigenvalue weighted by atomic mass is 10.1. The van der Waals surface area contributed by atoms with Gasteiger partial charge in [-0.2, -0.15) is 0 Å². The van der Waals surface area contributed by atoms with Crippen LogP contribution in [0, 0.1) is 26.7 Å². The molecule has 5 nitrogen and oxygen atoms in total. The number of amides is 2. The molecule has 0 atom stereocenters. The fraction of sp³-hybridized carbons (Fsp3) is 0.333. The van der Waals surface area contributed by atoms with E-state index in [4.69, 9.17) is 0 Å². The maximum absolute atomic E-state index is 12.3. The van der Waals surface area contributed by atoms with E-state index in [9.17, 15) is 9.59 Å². The Morgan fingerprint density at radius 1 is 0.885 bits per heavy atom. The third-order valence-electron chi connectivity index (χ3n) is 4.86. The second kappa shape index (κ2) is 7.60. The van der Waals surface area contributed by atoms with Gasteiger partial charge in [0.1, 0.15) is 0 Å². The van der Waals surface area contributed by atoms with Crippen molar-refractivity contribution >= 4 is 28.9 Å². The van der Waals surface area contributed by atoms with Crippen molar-refractivity contribution in [1.29, 1.82) is 0 Å². The number of carbonyl (C=O) groups excluding carboxylic acids is 2.